The van der Waals surface area contributed by atoms with E-state index in [9.17, 15) is 8.42 Å². The van der Waals surface area contributed by atoms with Gasteiger partial charge in [-0.1, -0.05) is 37.1 Å². The van der Waals surface area contributed by atoms with Gasteiger partial charge in [-0.15, -0.1) is 0 Å². The van der Waals surface area contributed by atoms with Crippen LogP contribution in [0.15, 0.2) is 24.3 Å². The summed E-state index contributed by atoms with van der Waals surface area (Å²) in [6, 6.07) is 7.69. The molecule has 1 aliphatic carbocycles. The Hall–Kier alpha value is -0.910. The molecule has 1 aliphatic rings. The molecule has 1 saturated carbocycles. The molecule has 0 atom stereocenters. The van der Waals surface area contributed by atoms with E-state index in [0.717, 1.165) is 30.0 Å². The van der Waals surface area contributed by atoms with E-state index in [1.807, 2.05) is 31.3 Å². The molecule has 4 nitrogen and oxygen atoms in total. The number of hydrogen-bond acceptors (Lipinski definition) is 3. The summed E-state index contributed by atoms with van der Waals surface area (Å²) in [7, 11) is -1.30. The van der Waals surface area contributed by atoms with Crippen molar-refractivity contribution in [2.75, 3.05) is 13.6 Å². The summed E-state index contributed by atoms with van der Waals surface area (Å²) in [4.78, 5) is 0. The molecule has 0 saturated heterocycles. The van der Waals surface area contributed by atoms with Crippen LogP contribution in [-0.2, 0) is 22.3 Å². The molecule has 0 aliphatic heterocycles. The fourth-order valence-electron chi connectivity index (χ4n) is 2.05. The molecule has 0 amide bonds. The van der Waals surface area contributed by atoms with Gasteiger partial charge in [-0.2, -0.15) is 0 Å². The van der Waals surface area contributed by atoms with Crippen molar-refractivity contribution in [1.82, 2.24) is 10.0 Å². The van der Waals surface area contributed by atoms with E-state index in [1.54, 1.807) is 0 Å². The topological polar surface area (TPSA) is 58.2 Å². The van der Waals surface area contributed by atoms with Gasteiger partial charge >= 0.3 is 0 Å². The van der Waals surface area contributed by atoms with Gasteiger partial charge in [0, 0.05) is 13.1 Å². The van der Waals surface area contributed by atoms with Gasteiger partial charge in [-0.3, -0.25) is 0 Å². The Kier molecular flexibility index (Phi) is 4.96. The van der Waals surface area contributed by atoms with Crippen LogP contribution in [0.25, 0.3) is 0 Å². The third-order valence-electron chi connectivity index (χ3n) is 3.33. The first-order valence-electron chi connectivity index (χ1n) is 6.79. The zero-order valence-corrected chi connectivity index (χ0v) is 12.2. The fraction of sp³-hybridized carbons (Fsp3) is 0.571. The standard InChI is InChI=1S/C14H22N2O2S/c1-15-10-13-4-6-14(7-5-13)11-19(17,18)16-9-8-12-2-3-12/h4-7,12,15-16H,2-3,8-11H2,1H3. The molecule has 0 bridgehead atoms. The Morgan fingerprint density at radius 1 is 1.16 bits per heavy atom. The maximum atomic E-state index is 11.9. The van der Waals surface area contributed by atoms with Gasteiger partial charge in [0.15, 0.2) is 0 Å². The molecule has 2 N–H and O–H groups in total. The second kappa shape index (κ2) is 6.50. The van der Waals surface area contributed by atoms with Crippen LogP contribution in [0, 0.1) is 5.92 Å². The molecule has 0 radical (unpaired) electrons. The van der Waals surface area contributed by atoms with Gasteiger partial charge in [0.2, 0.25) is 10.0 Å². The zero-order valence-electron chi connectivity index (χ0n) is 11.4. The molecule has 1 fully saturated rings. The van der Waals surface area contributed by atoms with Crippen molar-refractivity contribution in [2.24, 2.45) is 5.92 Å². The van der Waals surface area contributed by atoms with Crippen molar-refractivity contribution in [2.45, 2.75) is 31.6 Å². The lowest BCUT2D eigenvalue weighted by Gasteiger charge is -2.07. The largest absolute Gasteiger partial charge is 0.316 e. The number of hydrogen-bond donors (Lipinski definition) is 2. The van der Waals surface area contributed by atoms with Gasteiger partial charge in [0.05, 0.1) is 5.75 Å². The SMILES string of the molecule is CNCc1ccc(CS(=O)(=O)NCCC2CC2)cc1. The Labute approximate surface area is 115 Å². The third-order valence-corrected chi connectivity index (χ3v) is 4.69. The predicted molar refractivity (Wildman–Crippen MR) is 77.2 cm³/mol. The first-order valence-corrected chi connectivity index (χ1v) is 8.44. The third kappa shape index (κ3) is 5.30. The molecule has 2 rings (SSSR count). The van der Waals surface area contributed by atoms with Crippen LogP contribution < -0.4 is 10.0 Å². The summed E-state index contributed by atoms with van der Waals surface area (Å²) in [6.07, 6.45) is 3.49. The van der Waals surface area contributed by atoms with Crippen molar-refractivity contribution in [3.63, 3.8) is 0 Å². The highest BCUT2D eigenvalue weighted by Crippen LogP contribution is 2.31. The predicted octanol–water partition coefficient (Wildman–Crippen LogP) is 1.63. The minimum Gasteiger partial charge on any atom is -0.316 e. The summed E-state index contributed by atoms with van der Waals surface area (Å²) in [5.41, 5.74) is 1.99. The normalized spacial score (nSPS) is 15.6. The molecule has 0 spiro atoms. The van der Waals surface area contributed by atoms with Gasteiger partial charge in [-0.05, 0) is 30.5 Å². The van der Waals surface area contributed by atoms with Crippen LogP contribution in [0.4, 0.5) is 0 Å². The summed E-state index contributed by atoms with van der Waals surface area (Å²) in [5.74, 6) is 0.820. The molecule has 0 unspecified atom stereocenters. The minimum atomic E-state index is -3.19. The second-order valence-corrected chi connectivity index (χ2v) is 7.04. The van der Waals surface area contributed by atoms with Crippen molar-refractivity contribution < 1.29 is 8.42 Å². The molecule has 1 aromatic rings. The van der Waals surface area contributed by atoms with Crippen LogP contribution in [0.3, 0.4) is 0 Å². The lowest BCUT2D eigenvalue weighted by molar-refractivity contribution is 0.574. The molecule has 1 aromatic carbocycles. The average Bonchev–Trinajstić information content (AvgIpc) is 3.15. The molecule has 19 heavy (non-hydrogen) atoms. The quantitative estimate of drug-likeness (QED) is 0.762. The Bertz CT molecular complexity index is 493. The highest BCUT2D eigenvalue weighted by molar-refractivity contribution is 7.88. The summed E-state index contributed by atoms with van der Waals surface area (Å²) in [6.45, 7) is 1.37. The lowest BCUT2D eigenvalue weighted by atomic mass is 10.1. The lowest BCUT2D eigenvalue weighted by Crippen LogP contribution is -2.26. The number of nitrogens with one attached hydrogen (secondary N) is 2. The molecule has 0 heterocycles. The van der Waals surface area contributed by atoms with Crippen molar-refractivity contribution in [3.8, 4) is 0 Å². The Morgan fingerprint density at radius 3 is 2.37 bits per heavy atom. The summed E-state index contributed by atoms with van der Waals surface area (Å²) >= 11 is 0. The van der Waals surface area contributed by atoms with E-state index in [1.165, 1.54) is 12.8 Å². The number of sulfonamides is 1. The summed E-state index contributed by atoms with van der Waals surface area (Å²) < 4.78 is 26.5. The Balaban J connectivity index is 1.83. The smallest absolute Gasteiger partial charge is 0.215 e. The van der Waals surface area contributed by atoms with Crippen molar-refractivity contribution in [3.05, 3.63) is 35.4 Å². The van der Waals surface area contributed by atoms with E-state index in [4.69, 9.17) is 0 Å². The maximum Gasteiger partial charge on any atom is 0.215 e. The van der Waals surface area contributed by atoms with Crippen LogP contribution in [0.5, 0.6) is 0 Å². The van der Waals surface area contributed by atoms with Crippen LogP contribution >= 0.6 is 0 Å². The van der Waals surface area contributed by atoms with E-state index in [-0.39, 0.29) is 5.75 Å². The molecule has 0 aromatic heterocycles. The van der Waals surface area contributed by atoms with Gasteiger partial charge in [0.25, 0.3) is 0 Å². The van der Waals surface area contributed by atoms with Crippen molar-refractivity contribution in [1.29, 1.82) is 0 Å². The zero-order chi connectivity index (χ0) is 13.7. The minimum absolute atomic E-state index is 0.0670. The van der Waals surface area contributed by atoms with E-state index >= 15 is 0 Å². The van der Waals surface area contributed by atoms with E-state index in [0.29, 0.717) is 6.54 Å². The number of rotatable bonds is 8. The van der Waals surface area contributed by atoms with Crippen LogP contribution in [-0.4, -0.2) is 22.0 Å². The highest BCUT2D eigenvalue weighted by atomic mass is 32.2. The van der Waals surface area contributed by atoms with Crippen LogP contribution in [0.2, 0.25) is 0 Å². The van der Waals surface area contributed by atoms with E-state index in [2.05, 4.69) is 10.0 Å². The molecular weight excluding hydrogens is 260 g/mol. The summed E-state index contributed by atoms with van der Waals surface area (Å²) in [5, 5.41) is 3.07. The maximum absolute atomic E-state index is 11.9. The molecule has 5 heteroatoms. The Morgan fingerprint density at radius 2 is 1.79 bits per heavy atom. The fourth-order valence-corrected chi connectivity index (χ4v) is 3.22. The van der Waals surface area contributed by atoms with Gasteiger partial charge in [0.1, 0.15) is 0 Å². The highest BCUT2D eigenvalue weighted by Gasteiger charge is 2.21. The number of benzene rings is 1. The van der Waals surface area contributed by atoms with E-state index < -0.39 is 10.0 Å². The van der Waals surface area contributed by atoms with Gasteiger partial charge < -0.3 is 5.32 Å². The first-order chi connectivity index (χ1) is 9.09. The molecular formula is C14H22N2O2S. The second-order valence-electron chi connectivity index (χ2n) is 5.23. The van der Waals surface area contributed by atoms with Crippen LogP contribution in [0.1, 0.15) is 30.4 Å². The monoisotopic (exact) mass is 282 g/mol. The van der Waals surface area contributed by atoms with Crippen molar-refractivity contribution >= 4 is 10.0 Å². The first kappa shape index (κ1) is 14.5. The van der Waals surface area contributed by atoms with Gasteiger partial charge in [-0.25, -0.2) is 13.1 Å². The molecule has 106 valence electrons. The average molecular weight is 282 g/mol.